The van der Waals surface area contributed by atoms with Crippen LogP contribution in [0, 0.1) is 0 Å². The number of imidazole rings is 1. The van der Waals surface area contributed by atoms with Crippen LogP contribution >= 0.6 is 11.3 Å². The van der Waals surface area contributed by atoms with Crippen LogP contribution in [0.4, 0.5) is 10.9 Å². The Labute approximate surface area is 153 Å². The van der Waals surface area contributed by atoms with Crippen LogP contribution in [0.2, 0.25) is 0 Å². The summed E-state index contributed by atoms with van der Waals surface area (Å²) in [5, 5.41) is 14.0. The predicted molar refractivity (Wildman–Crippen MR) is 101 cm³/mol. The van der Waals surface area contributed by atoms with Gasteiger partial charge in [0.2, 0.25) is 0 Å². The number of hydrogen-bond donors (Lipinski definition) is 2. The lowest BCUT2D eigenvalue weighted by Gasteiger charge is -2.06. The minimum atomic E-state index is 0.370. The SMILES string of the molecule is Cn1cc(-c2cnc3c(Nc4nc([C@@H]5CCCN5)cs4)nccn23)cn1. The molecular formula is C17H18N8S. The molecule has 5 heterocycles. The number of hydrogen-bond acceptors (Lipinski definition) is 7. The molecule has 1 aliphatic rings. The van der Waals surface area contributed by atoms with Gasteiger partial charge in [-0.15, -0.1) is 11.3 Å². The highest BCUT2D eigenvalue weighted by Crippen LogP contribution is 2.29. The van der Waals surface area contributed by atoms with Gasteiger partial charge in [-0.25, -0.2) is 15.0 Å². The monoisotopic (exact) mass is 366 g/mol. The number of aryl methyl sites for hydroxylation is 1. The van der Waals surface area contributed by atoms with Gasteiger partial charge in [-0.2, -0.15) is 5.10 Å². The first-order chi connectivity index (χ1) is 12.8. The molecule has 1 aliphatic heterocycles. The highest BCUT2D eigenvalue weighted by Gasteiger charge is 2.19. The third-order valence-electron chi connectivity index (χ3n) is 4.59. The molecule has 9 heteroatoms. The zero-order chi connectivity index (χ0) is 17.5. The molecule has 2 N–H and O–H groups in total. The molecule has 26 heavy (non-hydrogen) atoms. The van der Waals surface area contributed by atoms with E-state index in [9.17, 15) is 0 Å². The van der Waals surface area contributed by atoms with E-state index in [1.807, 2.05) is 36.2 Å². The van der Waals surface area contributed by atoms with Gasteiger partial charge in [-0.05, 0) is 19.4 Å². The Hall–Kier alpha value is -2.78. The zero-order valence-corrected chi connectivity index (χ0v) is 15.1. The van der Waals surface area contributed by atoms with Crippen molar-refractivity contribution in [1.82, 2.24) is 34.4 Å². The number of fused-ring (bicyclic) bond motifs is 1. The fourth-order valence-corrected chi connectivity index (χ4v) is 4.08. The Bertz CT molecular complexity index is 1060. The second kappa shape index (κ2) is 6.19. The molecule has 1 fully saturated rings. The fourth-order valence-electron chi connectivity index (χ4n) is 3.32. The van der Waals surface area contributed by atoms with Gasteiger partial charge >= 0.3 is 0 Å². The van der Waals surface area contributed by atoms with Crippen molar-refractivity contribution in [2.75, 3.05) is 11.9 Å². The highest BCUT2D eigenvalue weighted by atomic mass is 32.1. The van der Waals surface area contributed by atoms with Gasteiger partial charge in [0.1, 0.15) is 0 Å². The maximum atomic E-state index is 4.72. The normalized spacial score (nSPS) is 17.2. The minimum absolute atomic E-state index is 0.370. The lowest BCUT2D eigenvalue weighted by molar-refractivity contribution is 0.632. The Kier molecular flexibility index (Phi) is 3.68. The van der Waals surface area contributed by atoms with Crippen molar-refractivity contribution in [3.05, 3.63) is 42.1 Å². The van der Waals surface area contributed by atoms with Gasteiger partial charge in [-0.3, -0.25) is 9.08 Å². The van der Waals surface area contributed by atoms with E-state index in [4.69, 9.17) is 4.98 Å². The molecule has 4 aromatic heterocycles. The summed E-state index contributed by atoms with van der Waals surface area (Å²) in [4.78, 5) is 13.7. The minimum Gasteiger partial charge on any atom is -0.313 e. The molecule has 4 aromatic rings. The number of nitrogens with one attached hydrogen (secondary N) is 2. The van der Waals surface area contributed by atoms with Crippen LogP contribution in [0.5, 0.6) is 0 Å². The average Bonchev–Trinajstić information content (AvgIpc) is 3.42. The Morgan fingerprint density at radius 3 is 3.08 bits per heavy atom. The summed E-state index contributed by atoms with van der Waals surface area (Å²) in [5.74, 6) is 0.697. The van der Waals surface area contributed by atoms with Crippen LogP contribution in [0.15, 0.2) is 36.4 Å². The number of nitrogens with zero attached hydrogens (tertiary/aromatic N) is 6. The highest BCUT2D eigenvalue weighted by molar-refractivity contribution is 7.13. The topological polar surface area (TPSA) is 85.0 Å². The lowest BCUT2D eigenvalue weighted by Crippen LogP contribution is -2.13. The van der Waals surface area contributed by atoms with E-state index in [0.717, 1.165) is 40.7 Å². The first-order valence-corrected chi connectivity index (χ1v) is 9.43. The number of thiazole rings is 1. The molecule has 0 radical (unpaired) electrons. The van der Waals surface area contributed by atoms with Crippen molar-refractivity contribution in [3.8, 4) is 11.3 Å². The lowest BCUT2D eigenvalue weighted by atomic mass is 10.2. The second-order valence-electron chi connectivity index (χ2n) is 6.37. The van der Waals surface area contributed by atoms with Gasteiger partial charge in [-0.1, -0.05) is 0 Å². The van der Waals surface area contributed by atoms with E-state index in [0.29, 0.717) is 11.9 Å². The van der Waals surface area contributed by atoms with Crippen molar-refractivity contribution >= 4 is 27.9 Å². The second-order valence-corrected chi connectivity index (χ2v) is 7.23. The summed E-state index contributed by atoms with van der Waals surface area (Å²) in [6.07, 6.45) is 11.7. The fraction of sp³-hybridized carbons (Fsp3) is 0.294. The van der Waals surface area contributed by atoms with Crippen LogP contribution in [0.1, 0.15) is 24.6 Å². The first kappa shape index (κ1) is 15.5. The van der Waals surface area contributed by atoms with E-state index >= 15 is 0 Å². The molecule has 132 valence electrons. The molecule has 1 atom stereocenters. The molecule has 0 aliphatic carbocycles. The molecular weight excluding hydrogens is 348 g/mol. The van der Waals surface area contributed by atoms with Crippen LogP contribution in [-0.4, -0.2) is 35.7 Å². The first-order valence-electron chi connectivity index (χ1n) is 8.55. The molecule has 1 saturated heterocycles. The van der Waals surface area contributed by atoms with Crippen LogP contribution in [-0.2, 0) is 7.05 Å². The summed E-state index contributed by atoms with van der Waals surface area (Å²) in [7, 11) is 1.90. The van der Waals surface area contributed by atoms with Crippen molar-refractivity contribution in [2.24, 2.45) is 7.05 Å². The van der Waals surface area contributed by atoms with E-state index in [-0.39, 0.29) is 0 Å². The number of aromatic nitrogens is 6. The number of rotatable bonds is 4. The van der Waals surface area contributed by atoms with Crippen molar-refractivity contribution in [2.45, 2.75) is 18.9 Å². The standard InChI is InChI=1S/C17H18N8S/c1-24-9-11(7-21-24)14-8-20-16-15(19-5-6-25(14)16)23-17-22-13(10-26-17)12-3-2-4-18-12/h5-10,12,18H,2-4H2,1H3,(H,19,22,23)/t12-/m0/s1. The Morgan fingerprint density at radius 2 is 2.27 bits per heavy atom. The molecule has 8 nitrogen and oxygen atoms in total. The average molecular weight is 366 g/mol. The van der Waals surface area contributed by atoms with Gasteiger partial charge in [0.15, 0.2) is 16.6 Å². The van der Waals surface area contributed by atoms with Crippen molar-refractivity contribution in [3.63, 3.8) is 0 Å². The smallest absolute Gasteiger partial charge is 0.188 e. The molecule has 0 saturated carbocycles. The number of anilines is 2. The molecule has 0 bridgehead atoms. The van der Waals surface area contributed by atoms with Crippen molar-refractivity contribution < 1.29 is 0 Å². The van der Waals surface area contributed by atoms with E-state index in [2.05, 4.69) is 31.1 Å². The summed E-state index contributed by atoms with van der Waals surface area (Å²) in [6, 6.07) is 0.370. The maximum absolute atomic E-state index is 4.72. The van der Waals surface area contributed by atoms with Gasteiger partial charge in [0.05, 0.1) is 29.8 Å². The molecule has 0 aromatic carbocycles. The van der Waals surface area contributed by atoms with Gasteiger partial charge in [0, 0.05) is 36.6 Å². The molecule has 0 unspecified atom stereocenters. The summed E-state index contributed by atoms with van der Waals surface area (Å²) in [5.41, 5.74) is 3.86. The van der Waals surface area contributed by atoms with Crippen LogP contribution in [0.3, 0.4) is 0 Å². The largest absolute Gasteiger partial charge is 0.313 e. The molecule has 5 rings (SSSR count). The van der Waals surface area contributed by atoms with Crippen LogP contribution < -0.4 is 10.6 Å². The van der Waals surface area contributed by atoms with Gasteiger partial charge in [0.25, 0.3) is 0 Å². The van der Waals surface area contributed by atoms with Crippen molar-refractivity contribution in [1.29, 1.82) is 0 Å². The molecule has 0 amide bonds. The van der Waals surface area contributed by atoms with Gasteiger partial charge < -0.3 is 10.6 Å². The van der Waals surface area contributed by atoms with E-state index in [1.54, 1.807) is 22.2 Å². The quantitative estimate of drug-likeness (QED) is 0.578. The summed E-state index contributed by atoms with van der Waals surface area (Å²) >= 11 is 1.59. The third-order valence-corrected chi connectivity index (χ3v) is 5.37. The Morgan fingerprint density at radius 1 is 1.31 bits per heavy atom. The predicted octanol–water partition coefficient (Wildman–Crippen LogP) is 2.75. The Balaban J connectivity index is 1.47. The zero-order valence-electron chi connectivity index (χ0n) is 14.3. The summed E-state index contributed by atoms with van der Waals surface area (Å²) in [6.45, 7) is 1.07. The third kappa shape index (κ3) is 2.65. The molecule has 0 spiro atoms. The van der Waals surface area contributed by atoms with E-state index in [1.165, 1.54) is 6.42 Å². The van der Waals surface area contributed by atoms with Crippen LogP contribution in [0.25, 0.3) is 16.9 Å². The maximum Gasteiger partial charge on any atom is 0.188 e. The summed E-state index contributed by atoms with van der Waals surface area (Å²) < 4.78 is 3.79. The van der Waals surface area contributed by atoms with E-state index < -0.39 is 0 Å².